The van der Waals surface area contributed by atoms with Crippen LogP contribution in [0.15, 0.2) is 53.5 Å². The van der Waals surface area contributed by atoms with E-state index in [1.165, 1.54) is 11.8 Å². The predicted molar refractivity (Wildman–Crippen MR) is 119 cm³/mol. The Morgan fingerprint density at radius 1 is 1.13 bits per heavy atom. The van der Waals surface area contributed by atoms with Crippen molar-refractivity contribution in [2.45, 2.75) is 11.3 Å². The fraction of sp³-hybridized carbons (Fsp3) is 0.300. The van der Waals surface area contributed by atoms with E-state index in [-0.39, 0.29) is 29.4 Å². The summed E-state index contributed by atoms with van der Waals surface area (Å²) < 4.78 is 34.9. The maximum Gasteiger partial charge on any atom is 0.285 e. The van der Waals surface area contributed by atoms with Gasteiger partial charge in [-0.1, -0.05) is 23.4 Å². The Morgan fingerprint density at radius 2 is 1.80 bits per heavy atom. The Kier molecular flexibility index (Phi) is 5.95. The van der Waals surface area contributed by atoms with Crippen molar-refractivity contribution in [2.24, 2.45) is 4.99 Å². The Labute approximate surface area is 183 Å². The van der Waals surface area contributed by atoms with Crippen LogP contribution in [0.25, 0.3) is 0 Å². The van der Waals surface area contributed by atoms with Gasteiger partial charge in [-0.2, -0.15) is 4.99 Å². The summed E-state index contributed by atoms with van der Waals surface area (Å²) in [6.45, 7) is -0.226. The molecule has 0 aromatic heterocycles. The fourth-order valence-electron chi connectivity index (χ4n) is 3.42. The van der Waals surface area contributed by atoms with Crippen LogP contribution in [0.2, 0.25) is 5.02 Å². The summed E-state index contributed by atoms with van der Waals surface area (Å²) in [5, 5.41) is 0.892. The molecule has 4 rings (SSSR count). The summed E-state index contributed by atoms with van der Waals surface area (Å²) in [5.74, 6) is 0.859. The molecule has 7 nitrogen and oxygen atoms in total. The van der Waals surface area contributed by atoms with Gasteiger partial charge in [-0.15, -0.1) is 0 Å². The molecule has 0 N–H and O–H groups in total. The van der Waals surface area contributed by atoms with Crippen molar-refractivity contribution >= 4 is 50.0 Å². The third-order valence-electron chi connectivity index (χ3n) is 4.81. The molecular formula is C20H19ClN2O5S2. The number of thioether (sulfide) groups is 1. The molecule has 0 saturated carbocycles. The molecule has 2 aliphatic rings. The zero-order valence-electron chi connectivity index (χ0n) is 16.0. The highest BCUT2D eigenvalue weighted by atomic mass is 35.5. The first-order valence-electron chi connectivity index (χ1n) is 9.15. The first-order chi connectivity index (χ1) is 14.3. The summed E-state index contributed by atoms with van der Waals surface area (Å²) in [4.78, 5) is 18.5. The van der Waals surface area contributed by atoms with Crippen LogP contribution in [0.3, 0.4) is 0 Å². The Morgan fingerprint density at radius 3 is 2.47 bits per heavy atom. The number of amidine groups is 1. The molecule has 2 aliphatic heterocycles. The van der Waals surface area contributed by atoms with Crippen molar-refractivity contribution in [2.75, 3.05) is 30.1 Å². The van der Waals surface area contributed by atoms with Crippen LogP contribution in [-0.2, 0) is 14.6 Å². The van der Waals surface area contributed by atoms with Crippen molar-refractivity contribution in [3.8, 4) is 11.5 Å². The lowest BCUT2D eigenvalue weighted by molar-refractivity contribution is -0.119. The molecule has 0 unspecified atom stereocenters. The van der Waals surface area contributed by atoms with E-state index in [1.807, 2.05) is 17.0 Å². The van der Waals surface area contributed by atoms with E-state index in [0.29, 0.717) is 21.7 Å². The maximum absolute atomic E-state index is 12.4. The first kappa shape index (κ1) is 21.0. The number of nitrogens with zero attached hydrogens (tertiary/aromatic N) is 2. The number of methoxy groups -OCH3 is 1. The largest absolute Gasteiger partial charge is 0.497 e. The predicted octanol–water partition coefficient (Wildman–Crippen LogP) is 3.03. The van der Waals surface area contributed by atoms with Gasteiger partial charge in [0.2, 0.25) is 0 Å². The van der Waals surface area contributed by atoms with Crippen LogP contribution in [0.1, 0.15) is 0 Å². The third kappa shape index (κ3) is 4.58. The Bertz CT molecular complexity index is 1070. The minimum atomic E-state index is -3.12. The SMILES string of the molecule is COc1ccc(N2C(=NC(=O)COc3ccc(Cl)cc3)S[C@@H]3CS(=O)(=O)C[C@H]32)cc1. The number of sulfone groups is 1. The van der Waals surface area contributed by atoms with Crippen LogP contribution in [0.5, 0.6) is 11.5 Å². The number of benzene rings is 2. The van der Waals surface area contributed by atoms with Crippen LogP contribution in [0.4, 0.5) is 5.69 Å². The zero-order valence-corrected chi connectivity index (χ0v) is 18.4. The summed E-state index contributed by atoms with van der Waals surface area (Å²) >= 11 is 7.16. The van der Waals surface area contributed by atoms with Gasteiger partial charge < -0.3 is 14.4 Å². The molecule has 2 saturated heterocycles. The molecule has 0 bridgehead atoms. The Hall–Kier alpha value is -2.23. The molecule has 0 spiro atoms. The molecule has 2 atom stereocenters. The van der Waals surface area contributed by atoms with Gasteiger partial charge in [-0.25, -0.2) is 8.42 Å². The lowest BCUT2D eigenvalue weighted by Crippen LogP contribution is -2.37. The minimum Gasteiger partial charge on any atom is -0.497 e. The van der Waals surface area contributed by atoms with E-state index in [9.17, 15) is 13.2 Å². The van der Waals surface area contributed by atoms with Gasteiger partial charge in [0.1, 0.15) is 11.5 Å². The molecule has 0 aliphatic carbocycles. The molecule has 2 aromatic rings. The van der Waals surface area contributed by atoms with Gasteiger partial charge in [-0.3, -0.25) is 4.79 Å². The van der Waals surface area contributed by atoms with Crippen LogP contribution in [0, 0.1) is 0 Å². The molecule has 2 heterocycles. The van der Waals surface area contributed by atoms with Crippen molar-refractivity contribution < 1.29 is 22.7 Å². The summed E-state index contributed by atoms with van der Waals surface area (Å²) in [5.41, 5.74) is 0.762. The van der Waals surface area contributed by atoms with E-state index in [4.69, 9.17) is 21.1 Å². The highest BCUT2D eigenvalue weighted by Gasteiger charge is 2.49. The highest BCUT2D eigenvalue weighted by molar-refractivity contribution is 8.16. The smallest absolute Gasteiger partial charge is 0.285 e. The van der Waals surface area contributed by atoms with E-state index in [0.717, 1.165) is 5.69 Å². The standard InChI is InChI=1S/C20H19ClN2O5S2/c1-27-15-8-4-14(5-9-15)23-17-11-30(25,26)12-18(17)29-20(23)22-19(24)10-28-16-6-2-13(21)3-7-16/h2-9,17-18H,10-12H2,1H3/t17-,18-/m1/s1. The highest BCUT2D eigenvalue weighted by Crippen LogP contribution is 2.41. The zero-order chi connectivity index (χ0) is 21.3. The molecule has 2 fully saturated rings. The van der Waals surface area contributed by atoms with E-state index < -0.39 is 15.7 Å². The third-order valence-corrected chi connectivity index (χ3v) is 8.28. The number of anilines is 1. The van der Waals surface area contributed by atoms with Crippen molar-refractivity contribution in [1.29, 1.82) is 0 Å². The van der Waals surface area contributed by atoms with Gasteiger partial charge in [0, 0.05) is 16.0 Å². The number of rotatable bonds is 5. The number of amides is 1. The van der Waals surface area contributed by atoms with Gasteiger partial charge in [0.25, 0.3) is 5.91 Å². The van der Waals surface area contributed by atoms with Crippen molar-refractivity contribution in [1.82, 2.24) is 0 Å². The molecule has 10 heteroatoms. The first-order valence-corrected chi connectivity index (χ1v) is 12.2. The molecule has 30 heavy (non-hydrogen) atoms. The Balaban J connectivity index is 1.55. The second kappa shape index (κ2) is 8.49. The molecule has 2 aromatic carbocycles. The van der Waals surface area contributed by atoms with E-state index in [1.54, 1.807) is 43.5 Å². The monoisotopic (exact) mass is 466 g/mol. The number of aliphatic imine (C=N–C) groups is 1. The van der Waals surface area contributed by atoms with Crippen molar-refractivity contribution in [3.63, 3.8) is 0 Å². The van der Waals surface area contributed by atoms with Gasteiger partial charge in [-0.05, 0) is 48.5 Å². The number of carbonyl (C=O) groups is 1. The number of fused-ring (bicyclic) bond motifs is 1. The minimum absolute atomic E-state index is 0.0329. The summed E-state index contributed by atoms with van der Waals surface area (Å²) in [6.07, 6.45) is 0. The molecule has 0 radical (unpaired) electrons. The van der Waals surface area contributed by atoms with Crippen LogP contribution < -0.4 is 14.4 Å². The topological polar surface area (TPSA) is 85.3 Å². The quantitative estimate of drug-likeness (QED) is 0.669. The summed E-state index contributed by atoms with van der Waals surface area (Å²) in [7, 11) is -1.55. The lowest BCUT2D eigenvalue weighted by atomic mass is 10.2. The number of carbonyl (C=O) groups excluding carboxylic acids is 1. The van der Waals surface area contributed by atoms with Gasteiger partial charge >= 0.3 is 0 Å². The van der Waals surface area contributed by atoms with E-state index in [2.05, 4.69) is 4.99 Å². The number of hydrogen-bond acceptors (Lipinski definition) is 6. The number of hydrogen-bond donors (Lipinski definition) is 0. The summed E-state index contributed by atoms with van der Waals surface area (Å²) in [6, 6.07) is 13.7. The van der Waals surface area contributed by atoms with Gasteiger partial charge in [0.05, 0.1) is 24.7 Å². The van der Waals surface area contributed by atoms with Crippen LogP contribution in [-0.4, -0.2) is 56.0 Å². The fourth-order valence-corrected chi connectivity index (χ4v) is 7.48. The average molecular weight is 467 g/mol. The van der Waals surface area contributed by atoms with Crippen molar-refractivity contribution in [3.05, 3.63) is 53.6 Å². The number of halogens is 1. The average Bonchev–Trinajstić information content (AvgIpc) is 3.18. The van der Waals surface area contributed by atoms with Crippen LogP contribution >= 0.6 is 23.4 Å². The number of ether oxygens (including phenoxy) is 2. The second-order valence-electron chi connectivity index (χ2n) is 6.90. The van der Waals surface area contributed by atoms with E-state index >= 15 is 0 Å². The molecule has 158 valence electrons. The maximum atomic E-state index is 12.4. The second-order valence-corrected chi connectivity index (χ2v) is 10.7. The lowest BCUT2D eigenvalue weighted by Gasteiger charge is -2.24. The molecule has 1 amide bonds. The van der Waals surface area contributed by atoms with Gasteiger partial charge in [0.15, 0.2) is 21.6 Å². The normalized spacial score (nSPS) is 23.4. The molecular weight excluding hydrogens is 448 g/mol.